The lowest BCUT2D eigenvalue weighted by Crippen LogP contribution is -2.25. The molecule has 0 spiro atoms. The molecule has 0 unspecified atom stereocenters. The quantitative estimate of drug-likeness (QED) is 0.362. The molecule has 0 atom stereocenters. The van der Waals surface area contributed by atoms with Crippen LogP contribution in [-0.4, -0.2) is 53.4 Å². The van der Waals surface area contributed by atoms with E-state index >= 15 is 0 Å². The topological polar surface area (TPSA) is 88.9 Å². The van der Waals surface area contributed by atoms with Crippen LogP contribution in [0.4, 0.5) is 18.9 Å². The molecule has 4 rings (SSSR count). The molecule has 3 aromatic heterocycles. The van der Waals surface area contributed by atoms with E-state index in [9.17, 15) is 23.2 Å². The van der Waals surface area contributed by atoms with Crippen LogP contribution in [0.5, 0.6) is 0 Å². The van der Waals surface area contributed by atoms with Crippen LogP contribution in [0, 0.1) is 11.3 Å². The van der Waals surface area contributed by atoms with Crippen molar-refractivity contribution in [2.24, 2.45) is 0 Å². The van der Waals surface area contributed by atoms with Gasteiger partial charge in [0.2, 0.25) is 5.91 Å². The standard InChI is InChI=1S/C27H23F3N6O/c1-35(2)8-4-5-25(37)36(3)22-11-18(9-20(13-22)27(28,29)30)19-12-23-24(16-34-26(23)33-15-19)17-6-7-32-21(10-17)14-31/h4-7,9-13,15-16H,8H2,1-3H3,(H,33,34)/b5-4+. The van der Waals surface area contributed by atoms with Gasteiger partial charge in [-0.2, -0.15) is 18.4 Å². The van der Waals surface area contributed by atoms with Crippen molar-refractivity contribution in [2.45, 2.75) is 6.18 Å². The Kier molecular flexibility index (Phi) is 7.09. The second-order valence-electron chi connectivity index (χ2n) is 8.69. The number of H-pyrrole nitrogens is 1. The number of hydrogen-bond acceptors (Lipinski definition) is 5. The van der Waals surface area contributed by atoms with Crippen LogP contribution >= 0.6 is 0 Å². The van der Waals surface area contributed by atoms with Crippen molar-refractivity contribution in [1.82, 2.24) is 19.9 Å². The number of halogens is 3. The molecule has 7 nitrogen and oxygen atoms in total. The van der Waals surface area contributed by atoms with Gasteiger partial charge in [-0.15, -0.1) is 0 Å². The van der Waals surface area contributed by atoms with Crippen LogP contribution in [0.3, 0.4) is 0 Å². The van der Waals surface area contributed by atoms with Crippen molar-refractivity contribution in [3.63, 3.8) is 0 Å². The molecule has 0 saturated heterocycles. The number of pyridine rings is 2. The zero-order valence-corrected chi connectivity index (χ0v) is 20.3. The Bertz CT molecular complexity index is 1530. The number of benzene rings is 1. The number of aromatic amines is 1. The van der Waals surface area contributed by atoms with E-state index in [1.54, 1.807) is 30.5 Å². The number of nitrogens with one attached hydrogen (secondary N) is 1. The summed E-state index contributed by atoms with van der Waals surface area (Å²) in [5.41, 5.74) is 2.16. The second-order valence-corrected chi connectivity index (χ2v) is 8.69. The molecule has 0 saturated carbocycles. The van der Waals surface area contributed by atoms with Crippen LogP contribution in [0.1, 0.15) is 11.3 Å². The highest BCUT2D eigenvalue weighted by molar-refractivity contribution is 6.02. The summed E-state index contributed by atoms with van der Waals surface area (Å²) in [5.74, 6) is -0.445. The Labute approximate surface area is 211 Å². The largest absolute Gasteiger partial charge is 0.416 e. The highest BCUT2D eigenvalue weighted by Gasteiger charge is 2.32. The van der Waals surface area contributed by atoms with E-state index in [-0.39, 0.29) is 16.9 Å². The molecule has 10 heteroatoms. The highest BCUT2D eigenvalue weighted by atomic mass is 19.4. The van der Waals surface area contributed by atoms with Crippen molar-refractivity contribution in [3.8, 4) is 28.3 Å². The van der Waals surface area contributed by atoms with E-state index in [1.165, 1.54) is 36.5 Å². The third kappa shape index (κ3) is 5.68. The number of alkyl halides is 3. The number of hydrogen-bond donors (Lipinski definition) is 1. The molecule has 1 N–H and O–H groups in total. The van der Waals surface area contributed by atoms with Crippen molar-refractivity contribution in [3.05, 3.63) is 78.4 Å². The number of rotatable bonds is 6. The van der Waals surface area contributed by atoms with Crippen LogP contribution in [0.25, 0.3) is 33.3 Å². The van der Waals surface area contributed by atoms with Gasteiger partial charge in [0.25, 0.3) is 0 Å². The normalized spacial score (nSPS) is 11.8. The van der Waals surface area contributed by atoms with Crippen molar-refractivity contribution >= 4 is 22.6 Å². The summed E-state index contributed by atoms with van der Waals surface area (Å²) in [6.07, 6.45) is 3.09. The van der Waals surface area contributed by atoms with E-state index in [4.69, 9.17) is 0 Å². The molecule has 3 heterocycles. The molecule has 0 fully saturated rings. The maximum Gasteiger partial charge on any atom is 0.416 e. The van der Waals surface area contributed by atoms with Crippen LogP contribution < -0.4 is 4.90 Å². The van der Waals surface area contributed by atoms with Gasteiger partial charge in [0.15, 0.2) is 0 Å². The first kappa shape index (κ1) is 25.6. The fourth-order valence-corrected chi connectivity index (χ4v) is 3.80. The molecule has 4 aromatic rings. The monoisotopic (exact) mass is 504 g/mol. The number of nitriles is 1. The SMILES string of the molecule is CN(C)C/C=C/C(=O)N(C)c1cc(-c2cnc3[nH]cc(-c4ccnc(C#N)c4)c3c2)cc(C(F)(F)F)c1. The molecule has 1 aromatic carbocycles. The number of aromatic nitrogens is 3. The average molecular weight is 505 g/mol. The fraction of sp³-hybridized carbons (Fsp3) is 0.185. The van der Waals surface area contributed by atoms with Crippen LogP contribution in [0.2, 0.25) is 0 Å². The third-order valence-electron chi connectivity index (χ3n) is 5.74. The Morgan fingerprint density at radius 1 is 1.08 bits per heavy atom. The zero-order valence-electron chi connectivity index (χ0n) is 20.3. The van der Waals surface area contributed by atoms with Gasteiger partial charge in [0, 0.05) is 60.5 Å². The van der Waals surface area contributed by atoms with Crippen molar-refractivity contribution in [2.75, 3.05) is 32.6 Å². The lowest BCUT2D eigenvalue weighted by Gasteiger charge is -2.19. The summed E-state index contributed by atoms with van der Waals surface area (Å²) in [6.45, 7) is 0.519. The maximum atomic E-state index is 13.8. The van der Waals surface area contributed by atoms with Gasteiger partial charge in [-0.25, -0.2) is 9.97 Å². The molecule has 0 aliphatic rings. The Morgan fingerprint density at radius 3 is 2.57 bits per heavy atom. The summed E-state index contributed by atoms with van der Waals surface area (Å²) in [7, 11) is 5.12. The fourth-order valence-electron chi connectivity index (χ4n) is 3.80. The summed E-state index contributed by atoms with van der Waals surface area (Å²) >= 11 is 0. The number of nitrogens with zero attached hydrogens (tertiary/aromatic N) is 5. The van der Waals surface area contributed by atoms with E-state index in [0.717, 1.165) is 23.3 Å². The van der Waals surface area contributed by atoms with Gasteiger partial charge >= 0.3 is 6.18 Å². The first-order valence-corrected chi connectivity index (χ1v) is 11.2. The Balaban J connectivity index is 1.79. The van der Waals surface area contributed by atoms with E-state index < -0.39 is 17.6 Å². The van der Waals surface area contributed by atoms with Crippen molar-refractivity contribution in [1.29, 1.82) is 5.26 Å². The molecule has 0 aliphatic carbocycles. The predicted octanol–water partition coefficient (Wildman–Crippen LogP) is 5.26. The summed E-state index contributed by atoms with van der Waals surface area (Å²) in [6, 6.07) is 10.6. The molecule has 188 valence electrons. The van der Waals surface area contributed by atoms with Gasteiger partial charge in [0.1, 0.15) is 17.4 Å². The smallest absolute Gasteiger partial charge is 0.346 e. The van der Waals surface area contributed by atoms with Crippen molar-refractivity contribution < 1.29 is 18.0 Å². The van der Waals surface area contributed by atoms with Gasteiger partial charge < -0.3 is 14.8 Å². The van der Waals surface area contributed by atoms with E-state index in [2.05, 4.69) is 15.0 Å². The van der Waals surface area contributed by atoms with E-state index in [0.29, 0.717) is 23.1 Å². The first-order valence-electron chi connectivity index (χ1n) is 11.2. The van der Waals surface area contributed by atoms with Gasteiger partial charge in [-0.1, -0.05) is 6.08 Å². The Hall–Kier alpha value is -4.49. The predicted molar refractivity (Wildman–Crippen MR) is 136 cm³/mol. The maximum absolute atomic E-state index is 13.8. The van der Waals surface area contributed by atoms with Gasteiger partial charge in [0.05, 0.1) is 5.56 Å². The molecule has 1 amide bonds. The molecule has 0 radical (unpaired) electrons. The second kappa shape index (κ2) is 10.2. The van der Waals surface area contributed by atoms with Gasteiger partial charge in [-0.3, -0.25) is 4.79 Å². The first-order chi connectivity index (χ1) is 17.6. The number of amides is 1. The number of anilines is 1. The van der Waals surface area contributed by atoms with Crippen LogP contribution in [0.15, 0.2) is 67.1 Å². The summed E-state index contributed by atoms with van der Waals surface area (Å²) < 4.78 is 41.4. The highest BCUT2D eigenvalue weighted by Crippen LogP contribution is 2.37. The molecule has 0 bridgehead atoms. The number of carbonyl (C=O) groups excluding carboxylic acids is 1. The van der Waals surface area contributed by atoms with E-state index in [1.807, 2.05) is 25.1 Å². The number of fused-ring (bicyclic) bond motifs is 1. The molecule has 37 heavy (non-hydrogen) atoms. The molecular weight excluding hydrogens is 481 g/mol. The lowest BCUT2D eigenvalue weighted by atomic mass is 10.00. The average Bonchev–Trinajstić information content (AvgIpc) is 3.30. The van der Waals surface area contributed by atoms with Crippen LogP contribution in [-0.2, 0) is 11.0 Å². The minimum absolute atomic E-state index is 0.103. The summed E-state index contributed by atoms with van der Waals surface area (Å²) in [4.78, 5) is 27.1. The van der Waals surface area contributed by atoms with Gasteiger partial charge in [-0.05, 0) is 61.6 Å². The minimum atomic E-state index is -4.61. The number of likely N-dealkylation sites (N-methyl/N-ethyl adjacent to an activating group) is 2. The Morgan fingerprint density at radius 2 is 1.86 bits per heavy atom. The minimum Gasteiger partial charge on any atom is -0.346 e. The third-order valence-corrected chi connectivity index (χ3v) is 5.74. The molecule has 0 aliphatic heterocycles. The molecular formula is C27H23F3N6O. The zero-order chi connectivity index (χ0) is 26.7. The lowest BCUT2D eigenvalue weighted by molar-refractivity contribution is -0.137. The summed E-state index contributed by atoms with van der Waals surface area (Å²) in [5, 5.41) is 9.85. The number of carbonyl (C=O) groups is 1.